The summed E-state index contributed by atoms with van der Waals surface area (Å²) >= 11 is 0. The van der Waals surface area contributed by atoms with Gasteiger partial charge in [-0.05, 0) is 53.9 Å². The van der Waals surface area contributed by atoms with E-state index in [9.17, 15) is 18.8 Å². The zero-order valence-corrected chi connectivity index (χ0v) is 25.0. The van der Waals surface area contributed by atoms with Crippen molar-refractivity contribution in [3.8, 4) is 0 Å². The number of amides is 3. The van der Waals surface area contributed by atoms with Crippen LogP contribution in [0.2, 0.25) is 0 Å². The number of benzene rings is 3. The molecule has 0 spiro atoms. The van der Waals surface area contributed by atoms with E-state index in [-0.39, 0.29) is 35.4 Å². The number of halogens is 1. The molecule has 2 aliphatic rings. The summed E-state index contributed by atoms with van der Waals surface area (Å²) in [6.45, 7) is 2.44. The summed E-state index contributed by atoms with van der Waals surface area (Å²) in [7, 11) is 1.99. The summed E-state index contributed by atoms with van der Waals surface area (Å²) in [4.78, 5) is 47.0. The van der Waals surface area contributed by atoms with E-state index >= 15 is 0 Å². The van der Waals surface area contributed by atoms with Crippen molar-refractivity contribution in [2.45, 2.75) is 31.7 Å². The van der Waals surface area contributed by atoms with Gasteiger partial charge in [-0.2, -0.15) is 0 Å². The van der Waals surface area contributed by atoms with E-state index in [0.29, 0.717) is 56.6 Å². The van der Waals surface area contributed by atoms with Gasteiger partial charge in [0.15, 0.2) is 0 Å². The lowest BCUT2D eigenvalue weighted by atomic mass is 9.91. The van der Waals surface area contributed by atoms with Gasteiger partial charge in [-0.3, -0.25) is 14.5 Å². The van der Waals surface area contributed by atoms with Gasteiger partial charge in [-0.15, -0.1) is 0 Å². The number of carbonyl (C=O) groups is 3. The van der Waals surface area contributed by atoms with Crippen LogP contribution in [-0.4, -0.2) is 62.0 Å². The van der Waals surface area contributed by atoms with Crippen LogP contribution in [0.4, 0.5) is 10.1 Å². The molecule has 1 aromatic heterocycles. The molecule has 1 unspecified atom stereocenters. The van der Waals surface area contributed by atoms with Crippen LogP contribution in [0.3, 0.4) is 0 Å². The van der Waals surface area contributed by atoms with Gasteiger partial charge in [0.05, 0.1) is 32.2 Å². The first kappa shape index (κ1) is 29.7. The highest BCUT2D eigenvalue weighted by Crippen LogP contribution is 2.31. The monoisotopic (exact) mass is 597 g/mol. The van der Waals surface area contributed by atoms with Crippen molar-refractivity contribution in [3.05, 3.63) is 102 Å². The van der Waals surface area contributed by atoms with Crippen molar-refractivity contribution < 1.29 is 29.0 Å². The Hall–Kier alpha value is -4.34. The number of fused-ring (bicyclic) bond motifs is 2. The number of nitrogens with one attached hydrogen (secondary N) is 3. The summed E-state index contributed by atoms with van der Waals surface area (Å²) in [5.74, 6) is -0.747. The van der Waals surface area contributed by atoms with Gasteiger partial charge in [0.1, 0.15) is 11.9 Å². The number of anilines is 1. The number of aromatic nitrogens is 1. The fourth-order valence-corrected chi connectivity index (χ4v) is 6.86. The van der Waals surface area contributed by atoms with Crippen molar-refractivity contribution in [3.63, 3.8) is 0 Å². The molecule has 1 fully saturated rings. The van der Waals surface area contributed by atoms with E-state index < -0.39 is 6.04 Å². The Labute approximate surface area is 256 Å². The summed E-state index contributed by atoms with van der Waals surface area (Å²) in [5.41, 5.74) is 4.11. The Morgan fingerprint density at radius 2 is 1.80 bits per heavy atom. The number of rotatable bonds is 8. The zero-order valence-electron chi connectivity index (χ0n) is 25.0. The van der Waals surface area contributed by atoms with Crippen molar-refractivity contribution in [1.29, 1.82) is 0 Å². The molecule has 2 aliphatic heterocycles. The number of quaternary nitrogens is 2. The van der Waals surface area contributed by atoms with Crippen molar-refractivity contribution in [2.75, 3.05) is 38.1 Å². The smallest absolute Gasteiger partial charge is 0.344 e. The Bertz CT molecular complexity index is 1650. The number of carbonyl (C=O) groups excluding carboxylic acids is 3. The average molecular weight is 598 g/mol. The van der Waals surface area contributed by atoms with Crippen molar-refractivity contribution >= 4 is 34.3 Å². The van der Waals surface area contributed by atoms with Gasteiger partial charge in [0, 0.05) is 60.4 Å². The first-order valence-electron chi connectivity index (χ1n) is 15.6. The molecule has 3 heterocycles. The third-order valence-electron chi connectivity index (χ3n) is 9.15. The third kappa shape index (κ3) is 6.30. The molecule has 0 aliphatic carbocycles. The quantitative estimate of drug-likeness (QED) is 0.249. The second-order valence-corrected chi connectivity index (χ2v) is 12.1. The topological polar surface area (TPSA) is 103 Å². The van der Waals surface area contributed by atoms with E-state index in [2.05, 4.69) is 15.6 Å². The van der Waals surface area contributed by atoms with Crippen LogP contribution in [0, 0.1) is 17.7 Å². The van der Waals surface area contributed by atoms with E-state index in [1.54, 1.807) is 11.0 Å². The molecule has 3 amide bonds. The molecule has 9 heteroatoms. The Morgan fingerprint density at radius 3 is 2.57 bits per heavy atom. The minimum atomic E-state index is -0.805. The van der Waals surface area contributed by atoms with Crippen LogP contribution >= 0.6 is 0 Å². The first-order valence-corrected chi connectivity index (χ1v) is 15.6. The molecule has 0 saturated carbocycles. The van der Waals surface area contributed by atoms with Crippen molar-refractivity contribution in [1.82, 2.24) is 10.3 Å². The zero-order chi connectivity index (χ0) is 30.6. The number of hydrogen-bond acceptors (Lipinski definition) is 3. The van der Waals surface area contributed by atoms with Crippen LogP contribution in [0.15, 0.2) is 79.0 Å². The largest absolute Gasteiger partial charge is 0.361 e. The van der Waals surface area contributed by atoms with Crippen LogP contribution in [-0.2, 0) is 22.4 Å². The molecule has 3 aromatic carbocycles. The van der Waals surface area contributed by atoms with Crippen LogP contribution in [0.1, 0.15) is 34.3 Å². The molecule has 0 radical (unpaired) electrons. The minimum Gasteiger partial charge on any atom is -0.361 e. The summed E-state index contributed by atoms with van der Waals surface area (Å²) in [6, 6.07) is 21.0. The lowest BCUT2D eigenvalue weighted by Crippen LogP contribution is -3.15. The predicted octanol–water partition coefficient (Wildman–Crippen LogP) is 1.87. The number of para-hydroxylation sites is 1. The highest BCUT2D eigenvalue weighted by atomic mass is 19.1. The molecule has 44 heavy (non-hydrogen) atoms. The normalized spacial score (nSPS) is 20.6. The minimum absolute atomic E-state index is 0.0518. The maximum atomic E-state index is 14.4. The molecule has 4 aromatic rings. The molecule has 5 N–H and O–H groups in total. The average Bonchev–Trinajstić information content (AvgIpc) is 3.46. The molecule has 6 rings (SSSR count). The number of nitrogens with two attached hydrogens (primary N) is 1. The fourth-order valence-electron chi connectivity index (χ4n) is 6.86. The fraction of sp³-hybridized carbons (Fsp3) is 0.343. The number of H-pyrrole nitrogens is 1. The SMILES string of the molecule is C[NH2+]CC1Cc2cc(F)ccc2N(C(=O)[C@@H](Cc2c[nH]c3ccccc23)NC(=O)C2CC[NH+](C(=O)c3ccccc3)CC2)C1. The van der Waals surface area contributed by atoms with Crippen LogP contribution in [0.5, 0.6) is 0 Å². The molecule has 2 atom stereocenters. The maximum Gasteiger partial charge on any atom is 0.344 e. The lowest BCUT2D eigenvalue weighted by Gasteiger charge is -2.36. The van der Waals surface area contributed by atoms with E-state index in [4.69, 9.17) is 0 Å². The number of hydrogen-bond donors (Lipinski definition) is 4. The van der Waals surface area contributed by atoms with Crippen molar-refractivity contribution in [2.24, 2.45) is 11.8 Å². The Kier molecular flexibility index (Phi) is 8.86. The number of likely N-dealkylation sites (tertiary alicyclic amines) is 1. The van der Waals surface area contributed by atoms with E-state index in [1.807, 2.05) is 67.8 Å². The number of piperidine rings is 1. The molecular formula is C35H40FN5O3+2. The van der Waals surface area contributed by atoms with Gasteiger partial charge in [-0.1, -0.05) is 36.4 Å². The molecule has 228 valence electrons. The first-order chi connectivity index (χ1) is 21.4. The third-order valence-corrected chi connectivity index (χ3v) is 9.15. The standard InChI is InChI=1S/C35H38FN5O3/c1-37-20-23-17-26-18-28(36)11-12-32(26)41(22-23)35(44)31(19-27-21-38-30-10-6-5-9-29(27)30)39-33(42)24-13-15-40(16-14-24)34(43)25-7-3-2-4-8-25/h2-12,18,21,23-24,31,37-38H,13-17,19-20,22H2,1H3,(H,39,42)/p+2/t23?,31-/m1/s1. The van der Waals surface area contributed by atoms with Crippen LogP contribution < -0.4 is 20.4 Å². The van der Waals surface area contributed by atoms with E-state index in [1.165, 1.54) is 12.1 Å². The van der Waals surface area contributed by atoms with E-state index in [0.717, 1.165) is 33.5 Å². The Balaban J connectivity index is 1.23. The molecule has 0 bridgehead atoms. The highest BCUT2D eigenvalue weighted by Gasteiger charge is 2.37. The van der Waals surface area contributed by atoms with Gasteiger partial charge in [0.2, 0.25) is 11.8 Å². The second kappa shape index (κ2) is 13.1. The highest BCUT2D eigenvalue weighted by molar-refractivity contribution is 6.01. The van der Waals surface area contributed by atoms with Gasteiger partial charge >= 0.3 is 5.91 Å². The van der Waals surface area contributed by atoms with Gasteiger partial charge < -0.3 is 20.5 Å². The second-order valence-electron chi connectivity index (χ2n) is 12.1. The number of nitrogens with zero attached hydrogens (tertiary/aromatic N) is 1. The lowest BCUT2D eigenvalue weighted by molar-refractivity contribution is -0.821. The predicted molar refractivity (Wildman–Crippen MR) is 167 cm³/mol. The molecule has 8 nitrogen and oxygen atoms in total. The molecule has 1 saturated heterocycles. The summed E-state index contributed by atoms with van der Waals surface area (Å²) in [5, 5.41) is 6.22. The molecular weight excluding hydrogens is 557 g/mol. The van der Waals surface area contributed by atoms with Gasteiger partial charge in [0.25, 0.3) is 0 Å². The number of aromatic amines is 1. The van der Waals surface area contributed by atoms with Gasteiger partial charge in [-0.25, -0.2) is 9.18 Å². The maximum absolute atomic E-state index is 14.4. The summed E-state index contributed by atoms with van der Waals surface area (Å²) < 4.78 is 14.3. The Morgan fingerprint density at radius 1 is 1.05 bits per heavy atom. The van der Waals surface area contributed by atoms with Crippen LogP contribution in [0.25, 0.3) is 10.9 Å². The summed E-state index contributed by atoms with van der Waals surface area (Å²) in [6.07, 6.45) is 4.05.